The molecule has 0 saturated heterocycles. The summed E-state index contributed by atoms with van der Waals surface area (Å²) in [6.45, 7) is 6.72. The Morgan fingerprint density at radius 3 is 2.25 bits per heavy atom. The highest BCUT2D eigenvalue weighted by atomic mass is 28.3. The van der Waals surface area contributed by atoms with Gasteiger partial charge in [0.05, 0.1) is 0 Å². The van der Waals surface area contributed by atoms with Gasteiger partial charge in [-0.1, -0.05) is 18.8 Å². The van der Waals surface area contributed by atoms with E-state index in [1.165, 1.54) is 5.33 Å². The predicted molar refractivity (Wildman–Crippen MR) is 39.7 cm³/mol. The Morgan fingerprint density at radius 2 is 2.12 bits per heavy atom. The predicted octanol–water partition coefficient (Wildman–Crippen LogP) is 1.76. The molecule has 0 aromatic carbocycles. The van der Waals surface area contributed by atoms with Gasteiger partial charge in [0.15, 0.2) is 0 Å². The fourth-order valence-corrected chi connectivity index (χ4v) is 1.72. The highest BCUT2D eigenvalue weighted by Crippen LogP contribution is 2.12. The molecule has 1 aliphatic heterocycles. The Morgan fingerprint density at radius 1 is 1.50 bits per heavy atom. The second-order valence-corrected chi connectivity index (χ2v) is 7.25. The van der Waals surface area contributed by atoms with E-state index < -0.39 is 8.07 Å². The summed E-state index contributed by atoms with van der Waals surface area (Å²) in [5, 5.41) is 1.34. The van der Waals surface area contributed by atoms with Crippen molar-refractivity contribution < 1.29 is 0 Å². The first-order valence-corrected chi connectivity index (χ1v) is 5.93. The largest absolute Gasteiger partial charge is 0.271 e. The van der Waals surface area contributed by atoms with Crippen molar-refractivity contribution in [2.45, 2.75) is 20.0 Å². The van der Waals surface area contributed by atoms with Crippen molar-refractivity contribution in [3.8, 4) is 0 Å². The second-order valence-electron chi connectivity index (χ2n) is 2.75. The molecule has 8 heavy (non-hydrogen) atoms. The molecular weight excluding hydrogens is 114 g/mol. The lowest BCUT2D eigenvalue weighted by molar-refractivity contribution is 1.60. The smallest absolute Gasteiger partial charge is 0.123 e. The number of hydrogen-bond donors (Lipinski definition) is 0. The number of aliphatic imine (C=N–C) groups is 1. The van der Waals surface area contributed by atoms with Crippen molar-refractivity contribution in [1.82, 2.24) is 0 Å². The summed E-state index contributed by atoms with van der Waals surface area (Å²) < 4.78 is 0. The van der Waals surface area contributed by atoms with E-state index in [0.717, 1.165) is 0 Å². The van der Waals surface area contributed by atoms with Crippen LogP contribution in [0.1, 0.15) is 6.92 Å². The Balaban J connectivity index is 2.87. The zero-order valence-corrected chi connectivity index (χ0v) is 6.60. The van der Waals surface area contributed by atoms with E-state index in [4.69, 9.17) is 0 Å². The number of nitrogens with zero attached hydrogens (tertiary/aromatic N) is 1. The lowest BCUT2D eigenvalue weighted by Gasteiger charge is -2.10. The third-order valence-electron chi connectivity index (χ3n) is 1.69. The van der Waals surface area contributed by atoms with Gasteiger partial charge in [0, 0.05) is 11.5 Å². The minimum atomic E-state index is -1.07. The maximum Gasteiger partial charge on any atom is 0.123 e. The van der Waals surface area contributed by atoms with Crippen molar-refractivity contribution in [1.29, 1.82) is 0 Å². The zero-order chi connectivity index (χ0) is 6.20. The Hall–Kier alpha value is -0.373. The molecule has 1 aliphatic rings. The lowest BCUT2D eigenvalue weighted by atomic mass is 10.8. The summed E-state index contributed by atoms with van der Waals surface area (Å²) in [5.74, 6) is 0. The minimum absolute atomic E-state index is 1.07. The average molecular weight is 125 g/mol. The molecule has 0 unspecified atom stereocenters. The summed E-state index contributed by atoms with van der Waals surface area (Å²) in [6, 6.07) is 0. The van der Waals surface area contributed by atoms with Gasteiger partial charge in [-0.15, -0.1) is 0 Å². The van der Waals surface area contributed by atoms with E-state index in [2.05, 4.69) is 30.7 Å². The van der Waals surface area contributed by atoms with E-state index in [1.807, 2.05) is 6.20 Å². The highest BCUT2D eigenvalue weighted by Gasteiger charge is 2.23. The second kappa shape index (κ2) is 1.55. The standard InChI is InChI=1S/C6H11NSi/c1-6-7-4-5-8(6,2)3/h4-5H,1-3H3. The van der Waals surface area contributed by atoms with Crippen LogP contribution < -0.4 is 0 Å². The first-order chi connectivity index (χ1) is 3.63. The van der Waals surface area contributed by atoms with E-state index in [-0.39, 0.29) is 0 Å². The summed E-state index contributed by atoms with van der Waals surface area (Å²) in [4.78, 5) is 4.19. The minimum Gasteiger partial charge on any atom is -0.271 e. The number of hydrogen-bond acceptors (Lipinski definition) is 1. The zero-order valence-electron chi connectivity index (χ0n) is 5.60. The SMILES string of the molecule is CC1=NC=C[Si]1(C)C. The molecule has 0 amide bonds. The molecule has 1 nitrogen and oxygen atoms in total. The van der Waals surface area contributed by atoms with Crippen LogP contribution in [0.4, 0.5) is 0 Å². The normalized spacial score (nSPS) is 23.6. The maximum absolute atomic E-state index is 4.19. The molecule has 0 aliphatic carbocycles. The van der Waals surface area contributed by atoms with Crippen LogP contribution in [-0.2, 0) is 0 Å². The summed E-state index contributed by atoms with van der Waals surface area (Å²) in [6.07, 6.45) is 1.93. The van der Waals surface area contributed by atoms with Crippen LogP contribution in [0.15, 0.2) is 16.9 Å². The Kier molecular flexibility index (Phi) is 1.12. The van der Waals surface area contributed by atoms with Crippen molar-refractivity contribution in [3.05, 3.63) is 11.9 Å². The molecule has 0 saturated carbocycles. The van der Waals surface area contributed by atoms with Gasteiger partial charge in [-0.05, 0) is 6.92 Å². The molecule has 1 heterocycles. The molecule has 0 bridgehead atoms. The third-order valence-corrected chi connectivity index (χ3v) is 4.67. The van der Waals surface area contributed by atoms with Crippen LogP contribution in [-0.4, -0.2) is 13.4 Å². The first kappa shape index (κ1) is 5.76. The molecule has 2 heteroatoms. The average Bonchev–Trinajstić information content (AvgIpc) is 1.86. The molecule has 0 aromatic heterocycles. The van der Waals surface area contributed by atoms with Gasteiger partial charge in [0.25, 0.3) is 0 Å². The van der Waals surface area contributed by atoms with Crippen molar-refractivity contribution >= 4 is 13.4 Å². The van der Waals surface area contributed by atoms with Crippen LogP contribution in [0.3, 0.4) is 0 Å². The molecule has 0 N–H and O–H groups in total. The fourth-order valence-electron chi connectivity index (χ4n) is 0.622. The topological polar surface area (TPSA) is 12.4 Å². The van der Waals surface area contributed by atoms with Crippen LogP contribution in [0.25, 0.3) is 0 Å². The summed E-state index contributed by atoms with van der Waals surface area (Å²) >= 11 is 0. The van der Waals surface area contributed by atoms with Gasteiger partial charge in [0.2, 0.25) is 0 Å². The van der Waals surface area contributed by atoms with Crippen molar-refractivity contribution in [2.75, 3.05) is 0 Å². The summed E-state index contributed by atoms with van der Waals surface area (Å²) in [5.41, 5.74) is 2.25. The van der Waals surface area contributed by atoms with Gasteiger partial charge in [0.1, 0.15) is 8.07 Å². The quantitative estimate of drug-likeness (QED) is 0.437. The van der Waals surface area contributed by atoms with Crippen LogP contribution in [0.2, 0.25) is 13.1 Å². The van der Waals surface area contributed by atoms with Crippen LogP contribution in [0, 0.1) is 0 Å². The van der Waals surface area contributed by atoms with Gasteiger partial charge in [-0.3, -0.25) is 4.99 Å². The maximum atomic E-state index is 4.19. The molecule has 0 atom stereocenters. The molecule has 0 fully saturated rings. The first-order valence-electron chi connectivity index (χ1n) is 2.85. The molecule has 44 valence electrons. The third kappa shape index (κ3) is 0.756. The van der Waals surface area contributed by atoms with Gasteiger partial charge >= 0.3 is 0 Å². The molecule has 1 rings (SSSR count). The van der Waals surface area contributed by atoms with Crippen LogP contribution >= 0.6 is 0 Å². The van der Waals surface area contributed by atoms with E-state index in [1.54, 1.807) is 0 Å². The van der Waals surface area contributed by atoms with E-state index in [0.29, 0.717) is 0 Å². The van der Waals surface area contributed by atoms with Gasteiger partial charge in [-0.2, -0.15) is 0 Å². The molecule has 0 aromatic rings. The lowest BCUT2D eigenvalue weighted by Crippen LogP contribution is -2.30. The highest BCUT2D eigenvalue weighted by molar-refractivity contribution is 7.09. The van der Waals surface area contributed by atoms with Gasteiger partial charge in [-0.25, -0.2) is 0 Å². The van der Waals surface area contributed by atoms with Gasteiger partial charge < -0.3 is 0 Å². The van der Waals surface area contributed by atoms with E-state index in [9.17, 15) is 0 Å². The Labute approximate surface area is 51.1 Å². The monoisotopic (exact) mass is 125 g/mol. The summed E-state index contributed by atoms with van der Waals surface area (Å²) in [7, 11) is -1.07. The van der Waals surface area contributed by atoms with Crippen LogP contribution in [0.5, 0.6) is 0 Å². The molecular formula is C6H11NSi. The van der Waals surface area contributed by atoms with Crippen molar-refractivity contribution in [2.24, 2.45) is 4.99 Å². The Bertz CT molecular complexity index is 156. The fraction of sp³-hybridized carbons (Fsp3) is 0.500. The van der Waals surface area contributed by atoms with Crippen molar-refractivity contribution in [3.63, 3.8) is 0 Å². The van der Waals surface area contributed by atoms with E-state index >= 15 is 0 Å². The molecule has 0 radical (unpaired) electrons. The number of rotatable bonds is 0. The molecule has 0 spiro atoms.